The molecule has 2 fully saturated rings. The van der Waals surface area contributed by atoms with Crippen LogP contribution in [0.1, 0.15) is 48.9 Å². The third kappa shape index (κ3) is 14.8. The highest BCUT2D eigenvalue weighted by Gasteiger charge is 2.55. The van der Waals surface area contributed by atoms with Crippen LogP contribution in [0.2, 0.25) is 0 Å². The lowest BCUT2D eigenvalue weighted by Gasteiger charge is -2.50. The maximum atomic E-state index is 13.7. The van der Waals surface area contributed by atoms with Crippen LogP contribution in [0, 0.1) is 0 Å². The van der Waals surface area contributed by atoms with Crippen molar-refractivity contribution >= 4 is 46.7 Å². The number of alkyl halides is 3. The first-order chi connectivity index (χ1) is 31.0. The zero-order valence-corrected chi connectivity index (χ0v) is 38.2. The highest BCUT2D eigenvalue weighted by molar-refractivity contribution is 6.76. The molecule has 2 aliphatic rings. The van der Waals surface area contributed by atoms with E-state index in [1.165, 1.54) is 6.92 Å². The smallest absolute Gasteiger partial charge is 0.303 e. The fraction of sp³-hybridized carbons (Fsp3) is 0.429. The van der Waals surface area contributed by atoms with Crippen LogP contribution in [0.25, 0.3) is 0 Å². The maximum absolute atomic E-state index is 13.7. The summed E-state index contributed by atoms with van der Waals surface area (Å²) in [5.41, 5.74) is 3.59. The molecule has 1 amide bonds. The van der Waals surface area contributed by atoms with Gasteiger partial charge in [0.1, 0.15) is 36.6 Å². The van der Waals surface area contributed by atoms with Crippen molar-refractivity contribution in [2.24, 2.45) is 0 Å². The molecule has 6 rings (SSSR count). The van der Waals surface area contributed by atoms with E-state index in [1.807, 2.05) is 128 Å². The van der Waals surface area contributed by atoms with E-state index >= 15 is 0 Å². The van der Waals surface area contributed by atoms with Crippen LogP contribution >= 0.6 is 34.8 Å². The predicted octanol–water partition coefficient (Wildman–Crippen LogP) is 8.58. The highest BCUT2D eigenvalue weighted by Crippen LogP contribution is 2.36. The Morgan fingerprint density at radius 3 is 1.66 bits per heavy atom. The second kappa shape index (κ2) is 25.1. The molecule has 2 heterocycles. The Hall–Kier alpha value is -3.89. The average Bonchev–Trinajstić information content (AvgIpc) is 3.29. The molecule has 10 atom stereocenters. The lowest BCUT2D eigenvalue weighted by molar-refractivity contribution is -0.353. The normalized spacial score (nSPS) is 25.9. The summed E-state index contributed by atoms with van der Waals surface area (Å²) in [7, 11) is 0. The van der Waals surface area contributed by atoms with Gasteiger partial charge in [0.15, 0.2) is 18.7 Å². The zero-order valence-electron chi connectivity index (χ0n) is 35.9. The van der Waals surface area contributed by atoms with Crippen molar-refractivity contribution in [1.82, 2.24) is 5.32 Å². The number of hydrogen-bond acceptors (Lipinski definition) is 11. The van der Waals surface area contributed by atoms with Gasteiger partial charge >= 0.3 is 5.97 Å². The van der Waals surface area contributed by atoms with Crippen LogP contribution in [0.5, 0.6) is 0 Å². The predicted molar refractivity (Wildman–Crippen MR) is 242 cm³/mol. The lowest BCUT2D eigenvalue weighted by atomic mass is 9.94. The molecule has 0 aliphatic carbocycles. The lowest BCUT2D eigenvalue weighted by Crippen LogP contribution is -2.69. The Morgan fingerprint density at radius 1 is 0.656 bits per heavy atom. The zero-order chi connectivity index (χ0) is 45.3. The largest absolute Gasteiger partial charge is 0.454 e. The SMILES string of the molecule is C=CCCCOC1O[C@H](COCc2ccccc2)[C@H](OCc2ccccc2)[C@H](O[C@@H]2O[C@@H](C)[C@H](OCc3ccccc3)[C@@H](OCc3ccccc3)[C@H]2OC(C)=O)[C@H]1NC(=O)C(Cl)(Cl)Cl. The first kappa shape index (κ1) is 49.5. The van der Waals surface area contributed by atoms with Crippen molar-refractivity contribution in [2.75, 3.05) is 13.2 Å². The Labute approximate surface area is 390 Å². The topological polar surface area (TPSA) is 129 Å². The molecule has 2 saturated heterocycles. The van der Waals surface area contributed by atoms with Crippen molar-refractivity contribution in [3.63, 3.8) is 0 Å². The number of rotatable bonds is 22. The van der Waals surface area contributed by atoms with E-state index in [0.717, 1.165) is 22.3 Å². The standard InChI is InChI=1S/C49H56Cl3NO11/c1-4-5-18-27-57-46-40(53-48(55)49(50,51)52)43(42(59-30-37-23-14-8-15-24-37)39(63-46)32-56-28-35-19-10-6-11-20-35)64-47-45(62-34(3)54)44(60-31-38-25-16-9-17-26-38)41(33(2)61-47)58-29-36-21-12-7-13-22-36/h4,6-17,19-26,33,39-47H,1,5,18,27-32H2,2-3H3,(H,53,55)/t33-,39+,40+,41-,42-,43+,44+,45+,46?,47-/m0/s1. The fourth-order valence-electron chi connectivity index (χ4n) is 7.50. The van der Waals surface area contributed by atoms with Gasteiger partial charge in [0, 0.05) is 6.92 Å². The number of halogens is 3. The summed E-state index contributed by atoms with van der Waals surface area (Å²) in [5.74, 6) is -1.58. The summed E-state index contributed by atoms with van der Waals surface area (Å²) >= 11 is 18.6. The van der Waals surface area contributed by atoms with Crippen molar-refractivity contribution in [3.8, 4) is 0 Å². The third-order valence-corrected chi connectivity index (χ3v) is 11.1. The summed E-state index contributed by atoms with van der Waals surface area (Å²) in [6.07, 6.45) is -6.11. The monoisotopic (exact) mass is 939 g/mol. The van der Waals surface area contributed by atoms with Crippen LogP contribution in [0.15, 0.2) is 134 Å². The van der Waals surface area contributed by atoms with Crippen LogP contribution in [-0.4, -0.2) is 90.2 Å². The van der Waals surface area contributed by atoms with Crippen molar-refractivity contribution in [1.29, 1.82) is 0 Å². The van der Waals surface area contributed by atoms with E-state index < -0.39 is 77.0 Å². The van der Waals surface area contributed by atoms with Gasteiger partial charge < -0.3 is 47.9 Å². The van der Waals surface area contributed by atoms with Gasteiger partial charge in [-0.15, -0.1) is 6.58 Å². The molecule has 0 radical (unpaired) electrons. The molecule has 344 valence electrons. The quantitative estimate of drug-likeness (QED) is 0.0352. The number of benzene rings is 4. The fourth-order valence-corrected chi connectivity index (χ4v) is 7.66. The summed E-state index contributed by atoms with van der Waals surface area (Å²) in [5, 5.41) is 2.82. The number of amides is 1. The summed E-state index contributed by atoms with van der Waals surface area (Å²) < 4.78 is 56.7. The van der Waals surface area contributed by atoms with Gasteiger partial charge in [0.2, 0.25) is 0 Å². The first-order valence-electron chi connectivity index (χ1n) is 21.3. The number of esters is 1. The van der Waals surface area contributed by atoms with Crippen molar-refractivity contribution < 1.29 is 52.2 Å². The second-order valence-corrected chi connectivity index (χ2v) is 17.8. The van der Waals surface area contributed by atoms with Gasteiger partial charge in [-0.05, 0) is 42.0 Å². The molecular formula is C49H56Cl3NO11. The van der Waals surface area contributed by atoms with Gasteiger partial charge in [-0.2, -0.15) is 0 Å². The molecule has 12 nitrogen and oxygen atoms in total. The molecule has 0 aromatic heterocycles. The van der Waals surface area contributed by atoms with E-state index in [2.05, 4.69) is 11.9 Å². The molecule has 0 saturated carbocycles. The molecule has 2 aliphatic heterocycles. The Morgan fingerprint density at radius 2 is 1.16 bits per heavy atom. The van der Waals surface area contributed by atoms with Crippen LogP contribution < -0.4 is 5.32 Å². The minimum atomic E-state index is -2.39. The van der Waals surface area contributed by atoms with Gasteiger partial charge in [-0.3, -0.25) is 9.59 Å². The van der Waals surface area contributed by atoms with Crippen molar-refractivity contribution in [3.05, 3.63) is 156 Å². The number of ether oxygens (including phenoxy) is 9. The van der Waals surface area contributed by atoms with Gasteiger partial charge in [0.05, 0.1) is 45.7 Å². The first-order valence-corrected chi connectivity index (χ1v) is 22.5. The molecule has 0 spiro atoms. The molecule has 0 bridgehead atoms. The number of nitrogens with one attached hydrogen (secondary N) is 1. The highest BCUT2D eigenvalue weighted by atomic mass is 35.6. The number of carbonyl (C=O) groups excluding carboxylic acids is 2. The minimum absolute atomic E-state index is 0.0133. The third-order valence-electron chi connectivity index (χ3n) is 10.6. The molecule has 1 N–H and O–H groups in total. The molecule has 1 unspecified atom stereocenters. The Kier molecular flexibility index (Phi) is 19.5. The summed E-state index contributed by atoms with van der Waals surface area (Å²) in [4.78, 5) is 26.7. The molecular weight excluding hydrogens is 885 g/mol. The minimum Gasteiger partial charge on any atom is -0.454 e. The van der Waals surface area contributed by atoms with Crippen molar-refractivity contribution in [2.45, 2.75) is 118 Å². The van der Waals surface area contributed by atoms with E-state index in [0.29, 0.717) is 12.8 Å². The molecule has 4 aromatic rings. The number of allylic oxidation sites excluding steroid dienone is 1. The van der Waals surface area contributed by atoms with Gasteiger partial charge in [-0.1, -0.05) is 162 Å². The van der Waals surface area contributed by atoms with Crippen LogP contribution in [0.4, 0.5) is 0 Å². The van der Waals surface area contributed by atoms with E-state index in [9.17, 15) is 9.59 Å². The summed E-state index contributed by atoms with van der Waals surface area (Å²) in [6.45, 7) is 7.90. The summed E-state index contributed by atoms with van der Waals surface area (Å²) in [6, 6.07) is 37.3. The number of carbonyl (C=O) groups is 2. The second-order valence-electron chi connectivity index (χ2n) is 15.5. The van der Waals surface area contributed by atoms with Crippen LogP contribution in [0.3, 0.4) is 0 Å². The van der Waals surface area contributed by atoms with E-state index in [1.54, 1.807) is 6.08 Å². The Bertz CT molecular complexity index is 2000. The van der Waals surface area contributed by atoms with Crippen LogP contribution in [-0.2, 0) is 78.6 Å². The average molecular weight is 941 g/mol. The van der Waals surface area contributed by atoms with E-state index in [-0.39, 0.29) is 39.6 Å². The number of unbranched alkanes of at least 4 members (excludes halogenated alkanes) is 1. The molecule has 64 heavy (non-hydrogen) atoms. The van der Waals surface area contributed by atoms with Gasteiger partial charge in [-0.25, -0.2) is 0 Å². The van der Waals surface area contributed by atoms with E-state index in [4.69, 9.17) is 77.4 Å². The maximum Gasteiger partial charge on any atom is 0.303 e. The molecule has 15 heteroatoms. The number of hydrogen-bond donors (Lipinski definition) is 1. The molecule has 4 aromatic carbocycles. The Balaban J connectivity index is 1.40. The van der Waals surface area contributed by atoms with Gasteiger partial charge in [0.25, 0.3) is 9.70 Å².